The second-order valence-corrected chi connectivity index (χ2v) is 27.4. The summed E-state index contributed by atoms with van der Waals surface area (Å²) in [5.74, 6) is 0. The molecule has 30 heteroatoms. The number of nitrogens with zero attached hydrogens (tertiary/aromatic N) is 5. The highest BCUT2D eigenvalue weighted by atomic mass is 32.1. The fourth-order valence-electron chi connectivity index (χ4n) is 9.16. The number of ether oxygens (including phenoxy) is 22. The Kier molecular flexibility index (Phi) is 59.3. The van der Waals surface area contributed by atoms with Crippen LogP contribution in [0.3, 0.4) is 0 Å². The molecule has 0 saturated carbocycles. The van der Waals surface area contributed by atoms with Crippen LogP contribution in [-0.2, 0) is 104 Å². The first-order valence-corrected chi connectivity index (χ1v) is 38.5. The smallest absolute Gasteiger partial charge is 0.247 e. The molecule has 1 aromatic carbocycles. The maximum Gasteiger partial charge on any atom is 0.247 e. The van der Waals surface area contributed by atoms with Crippen molar-refractivity contribution in [2.24, 2.45) is 10.2 Å². The second kappa shape index (κ2) is 63.9. The van der Waals surface area contributed by atoms with Crippen LogP contribution in [0.15, 0.2) is 28.4 Å². The van der Waals surface area contributed by atoms with E-state index in [1.54, 1.807) is 6.92 Å². The Balaban J connectivity index is 1.70. The number of hydrogen-bond acceptors (Lipinski definition) is 29. The number of nitriles is 1. The van der Waals surface area contributed by atoms with Crippen LogP contribution in [0.5, 0.6) is 0 Å². The van der Waals surface area contributed by atoms with Crippen LogP contribution in [0, 0.1) is 31.8 Å². The van der Waals surface area contributed by atoms with Crippen molar-refractivity contribution in [1.82, 2.24) is 0 Å². The predicted octanol–water partition coefficient (Wildman–Crippen LogP) is 9.80. The van der Waals surface area contributed by atoms with Crippen molar-refractivity contribution in [1.29, 1.82) is 5.26 Å². The summed E-state index contributed by atoms with van der Waals surface area (Å²) < 4.78 is 129. The predicted molar refractivity (Wildman–Crippen MR) is 404 cm³/mol. The van der Waals surface area contributed by atoms with Gasteiger partial charge in [0.15, 0.2) is 0 Å². The Morgan fingerprint density at radius 1 is 0.377 bits per heavy atom. The molecule has 1 heterocycles. The van der Waals surface area contributed by atoms with E-state index in [2.05, 4.69) is 26.0 Å². The highest BCUT2D eigenvalue weighted by Crippen LogP contribution is 2.41. The van der Waals surface area contributed by atoms with Crippen molar-refractivity contribution in [2.45, 2.75) is 196 Å². The van der Waals surface area contributed by atoms with Crippen molar-refractivity contribution < 1.29 is 114 Å². The summed E-state index contributed by atoms with van der Waals surface area (Å²) in [6.07, 6.45) is -2.00. The minimum Gasteiger partial charge on any atom is -0.394 e. The third-order valence-corrected chi connectivity index (χ3v) is 16.5. The van der Waals surface area contributed by atoms with Gasteiger partial charge in [-0.2, -0.15) is 5.26 Å². The van der Waals surface area contributed by atoms with Crippen LogP contribution >= 0.6 is 11.3 Å². The van der Waals surface area contributed by atoms with Crippen LogP contribution in [-0.4, -0.2) is 320 Å². The molecule has 2 N–H and O–H groups in total. The molecule has 0 fully saturated rings. The van der Waals surface area contributed by atoms with Gasteiger partial charge in [0.25, 0.3) is 0 Å². The summed E-state index contributed by atoms with van der Waals surface area (Å²) in [5.41, 5.74) is 3.45. The number of aliphatic hydroxyl groups is 2. The van der Waals surface area contributed by atoms with E-state index in [0.29, 0.717) is 238 Å². The normalized spacial score (nSPS) is 16.0. The standard InChI is InChI=1S/C76H135N5O24S/c1-56-40-72(18-19-74(56)79-80-76-73(41-77)71(16)75(78-17)106-76)81(20-24-90-42-57(2)94-46-61(6)98-50-65(10)102-54-69(14)104-52-67(12)100-48-63(8)96-44-59(4)92-38-36-88-34-32-86-30-28-84-26-22-82)21-25-91-43-58(3)95-47-62(7)99-51-66(11)103-55-70(15)105-53-68(13)101-49-64(9)97-45-60(5)93-39-37-89-35-33-87-31-29-85-27-23-83/h18-19,40,57-70,82-83H,20-39,42-55H2,1-16H3/b80-79+. The van der Waals surface area contributed by atoms with Gasteiger partial charge < -0.3 is 119 Å². The van der Waals surface area contributed by atoms with E-state index in [0.717, 1.165) is 22.6 Å². The zero-order valence-corrected chi connectivity index (χ0v) is 67.7. The molecule has 2 rings (SSSR count). The molecule has 0 amide bonds. The van der Waals surface area contributed by atoms with Gasteiger partial charge in [-0.3, -0.25) is 0 Å². The molecule has 0 aliphatic rings. The lowest BCUT2D eigenvalue weighted by Gasteiger charge is -2.26. The Hall–Kier alpha value is -3.66. The number of anilines is 1. The van der Waals surface area contributed by atoms with E-state index in [1.807, 2.05) is 122 Å². The summed E-state index contributed by atoms with van der Waals surface area (Å²) in [7, 11) is 0. The fraction of sp³-hybridized carbons (Fsp3) is 0.842. The fourth-order valence-corrected chi connectivity index (χ4v) is 10.0. The zero-order chi connectivity index (χ0) is 78.0. The van der Waals surface area contributed by atoms with Crippen molar-refractivity contribution >= 4 is 32.7 Å². The molecular weight excluding hydrogens is 1400 g/mol. The number of aryl methyl sites for hydroxylation is 1. The molecule has 0 spiro atoms. The van der Waals surface area contributed by atoms with Crippen molar-refractivity contribution in [3.05, 3.63) is 46.3 Å². The number of azo groups is 1. The molecule has 2 aromatic rings. The minimum absolute atomic E-state index is 0.00401. The Morgan fingerprint density at radius 2 is 0.651 bits per heavy atom. The number of benzene rings is 1. The minimum atomic E-state index is -0.185. The van der Waals surface area contributed by atoms with E-state index >= 15 is 0 Å². The van der Waals surface area contributed by atoms with Gasteiger partial charge >= 0.3 is 0 Å². The first kappa shape index (κ1) is 98.4. The van der Waals surface area contributed by atoms with E-state index in [9.17, 15) is 5.26 Å². The number of hydrogen-bond donors (Lipinski definition) is 2. The SMILES string of the molecule is [C-]#[N+]c1sc(/N=N/c2ccc(N(CCOCC(C)OCC(C)OCC(C)OCC(C)OCC(C)OCC(C)OCC(C)OCCOCCOCCOCCO)CCOCC(C)OCC(C)OCC(C)OCC(C)OCC(C)OCC(C)OCC(C)OCCOCCOCCOCCO)cc2C)c(C#N)c1C. The molecule has 614 valence electrons. The third-order valence-electron chi connectivity index (χ3n) is 15.4. The maximum absolute atomic E-state index is 9.76. The van der Waals surface area contributed by atoms with E-state index in [1.165, 1.54) is 0 Å². The largest absolute Gasteiger partial charge is 0.394 e. The highest BCUT2D eigenvalue weighted by Gasteiger charge is 2.20. The average Bonchev–Trinajstić information content (AvgIpc) is 1.67. The topological polar surface area (TPSA) is 300 Å². The molecule has 14 atom stereocenters. The Labute approximate surface area is 638 Å². The maximum atomic E-state index is 9.76. The second-order valence-electron chi connectivity index (χ2n) is 26.5. The first-order valence-electron chi connectivity index (χ1n) is 37.7. The van der Waals surface area contributed by atoms with Gasteiger partial charge in [0.1, 0.15) is 11.1 Å². The van der Waals surface area contributed by atoms with Crippen molar-refractivity contribution in [3.8, 4) is 6.07 Å². The van der Waals surface area contributed by atoms with Gasteiger partial charge in [-0.25, -0.2) is 4.85 Å². The van der Waals surface area contributed by atoms with E-state index < -0.39 is 0 Å². The number of aliphatic hydroxyl groups excluding tert-OH is 2. The van der Waals surface area contributed by atoms with Gasteiger partial charge in [0, 0.05) is 18.8 Å². The van der Waals surface area contributed by atoms with Gasteiger partial charge in [-0.1, -0.05) is 0 Å². The number of thiophene rings is 1. The van der Waals surface area contributed by atoms with E-state index in [-0.39, 0.29) is 98.7 Å². The Bertz CT molecular complexity index is 2440. The summed E-state index contributed by atoms with van der Waals surface area (Å²) in [5, 5.41) is 36.9. The molecule has 0 saturated heterocycles. The van der Waals surface area contributed by atoms with Crippen molar-refractivity contribution in [2.75, 3.05) is 229 Å². The summed E-state index contributed by atoms with van der Waals surface area (Å²) in [6.45, 7) is 52.7. The average molecular weight is 1530 g/mol. The monoisotopic (exact) mass is 1530 g/mol. The molecule has 0 bridgehead atoms. The summed E-state index contributed by atoms with van der Waals surface area (Å²) in [6, 6.07) is 8.10. The lowest BCUT2D eigenvalue weighted by Crippen LogP contribution is -2.33. The number of rotatable bonds is 73. The third kappa shape index (κ3) is 51.7. The van der Waals surface area contributed by atoms with Gasteiger partial charge in [0.2, 0.25) is 5.00 Å². The molecule has 29 nitrogen and oxygen atoms in total. The van der Waals surface area contributed by atoms with Crippen molar-refractivity contribution in [3.63, 3.8) is 0 Å². The highest BCUT2D eigenvalue weighted by molar-refractivity contribution is 7.20. The van der Waals surface area contributed by atoms with Gasteiger partial charge in [0.05, 0.1) is 315 Å². The molecule has 106 heavy (non-hydrogen) atoms. The lowest BCUT2D eigenvalue weighted by atomic mass is 10.1. The molecule has 1 aromatic heterocycles. The summed E-state index contributed by atoms with van der Waals surface area (Å²) in [4.78, 5) is 5.75. The van der Waals surface area contributed by atoms with Crippen LogP contribution < -0.4 is 4.90 Å². The first-order chi connectivity index (χ1) is 51.1. The van der Waals surface area contributed by atoms with Crippen LogP contribution in [0.2, 0.25) is 0 Å². The van der Waals surface area contributed by atoms with Crippen LogP contribution in [0.4, 0.5) is 21.4 Å². The lowest BCUT2D eigenvalue weighted by molar-refractivity contribution is -0.108. The molecular formula is C76H135N5O24S. The molecule has 0 aliphatic carbocycles. The Morgan fingerprint density at radius 3 is 0.925 bits per heavy atom. The molecule has 0 radical (unpaired) electrons. The van der Waals surface area contributed by atoms with Gasteiger partial charge in [-0.05, 0) is 140 Å². The van der Waals surface area contributed by atoms with Crippen LogP contribution in [0.25, 0.3) is 4.85 Å². The van der Waals surface area contributed by atoms with Crippen LogP contribution in [0.1, 0.15) is 114 Å². The summed E-state index contributed by atoms with van der Waals surface area (Å²) >= 11 is 1.16. The zero-order valence-electron chi connectivity index (χ0n) is 66.9. The molecule has 0 aliphatic heterocycles. The quantitative estimate of drug-likeness (QED) is 0.0353. The van der Waals surface area contributed by atoms with E-state index in [4.69, 9.17) is 121 Å². The molecule has 14 unspecified atom stereocenters. The van der Waals surface area contributed by atoms with Gasteiger partial charge in [-0.15, -0.1) is 21.6 Å².